The second kappa shape index (κ2) is 10.5. The first-order valence-electron chi connectivity index (χ1n) is 10.9. The highest BCUT2D eigenvalue weighted by Crippen LogP contribution is 2.36. The minimum Gasteiger partial charge on any atom is -0.448 e. The highest BCUT2D eigenvalue weighted by atomic mass is 32.2. The van der Waals surface area contributed by atoms with Crippen LogP contribution in [0.2, 0.25) is 0 Å². The Morgan fingerprint density at radius 1 is 0.857 bits per heavy atom. The zero-order valence-electron chi connectivity index (χ0n) is 19.0. The number of para-hydroxylation sites is 2. The Labute approximate surface area is 205 Å². The number of fused-ring (bicyclic) bond motifs is 1. The topological polar surface area (TPSA) is 111 Å². The molecule has 0 fully saturated rings. The Kier molecular flexibility index (Phi) is 7.26. The molecule has 35 heavy (non-hydrogen) atoms. The van der Waals surface area contributed by atoms with Gasteiger partial charge in [-0.25, -0.2) is 9.59 Å². The van der Waals surface area contributed by atoms with E-state index >= 15 is 0 Å². The molecular formula is C26H24N2O6S. The molecule has 4 rings (SSSR count). The van der Waals surface area contributed by atoms with E-state index in [1.54, 1.807) is 78.9 Å². The van der Waals surface area contributed by atoms with E-state index in [0.29, 0.717) is 16.3 Å². The number of carbonyl (C=O) groups is 3. The maximum Gasteiger partial charge on any atom is 0.411 e. The van der Waals surface area contributed by atoms with Crippen molar-refractivity contribution in [2.45, 2.75) is 11.8 Å². The first-order chi connectivity index (χ1) is 16.9. The number of nitrogens with one attached hydrogen (secondary N) is 2. The molecule has 3 aromatic rings. The summed E-state index contributed by atoms with van der Waals surface area (Å²) in [5.41, 5.74) is 0.664. The van der Waals surface area contributed by atoms with Crippen molar-refractivity contribution in [3.8, 4) is 0 Å². The third-order valence-electron chi connectivity index (χ3n) is 5.52. The van der Waals surface area contributed by atoms with Crippen LogP contribution < -0.4 is 10.6 Å². The Bertz CT molecular complexity index is 1210. The number of rotatable bonds is 6. The van der Waals surface area contributed by atoms with Crippen LogP contribution in [0.4, 0.5) is 21.0 Å². The molecule has 3 aromatic carbocycles. The smallest absolute Gasteiger partial charge is 0.411 e. The quantitative estimate of drug-likeness (QED) is 0.512. The highest BCUT2D eigenvalue weighted by Gasteiger charge is 2.48. The van der Waals surface area contributed by atoms with Crippen LogP contribution in [0.25, 0.3) is 0 Å². The van der Waals surface area contributed by atoms with Crippen LogP contribution in [0.15, 0.2) is 83.8 Å². The molecule has 1 unspecified atom stereocenters. The van der Waals surface area contributed by atoms with Gasteiger partial charge in [0.1, 0.15) is 18.6 Å². The van der Waals surface area contributed by atoms with E-state index < -0.39 is 47.4 Å². The summed E-state index contributed by atoms with van der Waals surface area (Å²) < 4.78 is 23.9. The Hall–Kier alpha value is -3.98. The average Bonchev–Trinajstić information content (AvgIpc) is 2.86. The zero-order valence-corrected chi connectivity index (χ0v) is 19.8. The van der Waals surface area contributed by atoms with E-state index in [0.717, 1.165) is 5.56 Å². The molecule has 8 nitrogen and oxygen atoms in total. The van der Waals surface area contributed by atoms with E-state index in [2.05, 4.69) is 10.6 Å². The molecule has 1 heterocycles. The highest BCUT2D eigenvalue weighted by molar-refractivity contribution is 7.85. The largest absolute Gasteiger partial charge is 0.448 e. The SMILES string of the molecule is Cc1ccc2c(c1)S(=O)CC(COC(=O)Nc1ccccc1)(COC(=O)Nc1ccccc1)C2=O. The van der Waals surface area contributed by atoms with Gasteiger partial charge in [0.15, 0.2) is 5.78 Å². The van der Waals surface area contributed by atoms with Crippen molar-refractivity contribution in [3.63, 3.8) is 0 Å². The maximum absolute atomic E-state index is 13.6. The molecule has 0 bridgehead atoms. The third kappa shape index (κ3) is 5.75. The second-order valence-electron chi connectivity index (χ2n) is 8.23. The van der Waals surface area contributed by atoms with E-state index in [4.69, 9.17) is 9.47 Å². The third-order valence-corrected chi connectivity index (χ3v) is 7.16. The molecular weight excluding hydrogens is 468 g/mol. The minimum absolute atomic E-state index is 0.153. The van der Waals surface area contributed by atoms with Gasteiger partial charge in [0.05, 0.1) is 10.8 Å². The van der Waals surface area contributed by atoms with Gasteiger partial charge in [0.2, 0.25) is 0 Å². The number of hydrogen-bond acceptors (Lipinski definition) is 6. The lowest BCUT2D eigenvalue weighted by Gasteiger charge is -2.34. The summed E-state index contributed by atoms with van der Waals surface area (Å²) in [4.78, 5) is 38.8. The van der Waals surface area contributed by atoms with E-state index in [9.17, 15) is 18.6 Å². The summed E-state index contributed by atoms with van der Waals surface area (Å²) in [7, 11) is -1.57. The van der Waals surface area contributed by atoms with Crippen LogP contribution in [0.3, 0.4) is 0 Å². The lowest BCUT2D eigenvalue weighted by atomic mass is 9.82. The van der Waals surface area contributed by atoms with Gasteiger partial charge in [-0.2, -0.15) is 0 Å². The number of ketones is 1. The van der Waals surface area contributed by atoms with Crippen LogP contribution in [-0.2, 0) is 20.3 Å². The standard InChI is InChI=1S/C26H24N2O6S/c1-18-12-13-21-22(14-18)35(32)17-26(23(21)29,15-33-24(30)27-19-8-4-2-5-9-19)16-34-25(31)28-20-10-6-3-7-11-20/h2-14H,15-17H2,1H3,(H,27,30)(H,28,31). The molecule has 1 atom stereocenters. The van der Waals surface area contributed by atoms with Gasteiger partial charge < -0.3 is 9.47 Å². The van der Waals surface area contributed by atoms with Gasteiger partial charge in [-0.05, 0) is 48.9 Å². The number of aryl methyl sites for hydroxylation is 1. The van der Waals surface area contributed by atoms with Gasteiger partial charge in [0.25, 0.3) is 0 Å². The first-order valence-corrected chi connectivity index (χ1v) is 12.2. The van der Waals surface area contributed by atoms with Crippen LogP contribution in [-0.4, -0.2) is 41.1 Å². The molecule has 0 spiro atoms. The minimum atomic E-state index is -1.57. The molecule has 0 saturated heterocycles. The first kappa shape index (κ1) is 24.2. The number of ether oxygens (including phenoxy) is 2. The lowest BCUT2D eigenvalue weighted by molar-refractivity contribution is 0.0383. The fourth-order valence-electron chi connectivity index (χ4n) is 3.70. The fourth-order valence-corrected chi connectivity index (χ4v) is 5.38. The Balaban J connectivity index is 1.53. The van der Waals surface area contributed by atoms with Gasteiger partial charge in [-0.1, -0.05) is 42.5 Å². The number of anilines is 2. The van der Waals surface area contributed by atoms with Crippen molar-refractivity contribution in [1.29, 1.82) is 0 Å². The number of amides is 2. The Morgan fingerprint density at radius 3 is 1.89 bits per heavy atom. The fraction of sp³-hybridized carbons (Fsp3) is 0.192. The van der Waals surface area contributed by atoms with Crippen LogP contribution >= 0.6 is 0 Å². The maximum atomic E-state index is 13.6. The van der Waals surface area contributed by atoms with Crippen molar-refractivity contribution in [2.75, 3.05) is 29.6 Å². The number of benzene rings is 3. The van der Waals surface area contributed by atoms with Crippen LogP contribution in [0.5, 0.6) is 0 Å². The predicted molar refractivity (Wildman–Crippen MR) is 132 cm³/mol. The second-order valence-corrected chi connectivity index (χ2v) is 9.65. The van der Waals surface area contributed by atoms with Crippen LogP contribution in [0.1, 0.15) is 15.9 Å². The summed E-state index contributed by atoms with van der Waals surface area (Å²) in [6, 6.07) is 22.4. The summed E-state index contributed by atoms with van der Waals surface area (Å²) in [6.07, 6.45) is -1.56. The van der Waals surface area contributed by atoms with Gasteiger partial charge in [0, 0.05) is 27.6 Å². The predicted octanol–water partition coefficient (Wildman–Crippen LogP) is 4.78. The molecule has 2 N–H and O–H groups in total. The average molecular weight is 493 g/mol. The van der Waals surface area contributed by atoms with E-state index in [1.807, 2.05) is 6.92 Å². The van der Waals surface area contributed by atoms with E-state index in [-0.39, 0.29) is 11.3 Å². The van der Waals surface area contributed by atoms with Crippen molar-refractivity contribution in [1.82, 2.24) is 0 Å². The summed E-state index contributed by atoms with van der Waals surface area (Å²) in [5, 5.41) is 5.16. The number of hydrogen-bond donors (Lipinski definition) is 2. The van der Waals surface area contributed by atoms with Gasteiger partial charge >= 0.3 is 12.2 Å². The van der Waals surface area contributed by atoms with E-state index in [1.165, 1.54) is 0 Å². The molecule has 0 saturated carbocycles. The van der Waals surface area contributed by atoms with Crippen molar-refractivity contribution in [2.24, 2.45) is 5.41 Å². The molecule has 0 aromatic heterocycles. The molecule has 0 aliphatic carbocycles. The van der Waals surface area contributed by atoms with Crippen molar-refractivity contribution >= 4 is 40.1 Å². The van der Waals surface area contributed by atoms with Crippen molar-refractivity contribution in [3.05, 3.63) is 90.0 Å². The monoisotopic (exact) mass is 492 g/mol. The lowest BCUT2D eigenvalue weighted by Crippen LogP contribution is -2.49. The molecule has 1 aliphatic rings. The normalized spacial score (nSPS) is 16.0. The van der Waals surface area contributed by atoms with Crippen molar-refractivity contribution < 1.29 is 28.1 Å². The number of Topliss-reactive ketones (excluding diaryl/α,β-unsaturated/α-hetero) is 1. The van der Waals surface area contributed by atoms with Crippen LogP contribution in [0, 0.1) is 12.3 Å². The molecule has 1 aliphatic heterocycles. The number of carbonyl (C=O) groups excluding carboxylic acids is 3. The Morgan fingerprint density at radius 2 is 1.37 bits per heavy atom. The van der Waals surface area contributed by atoms with Gasteiger partial charge in [-0.3, -0.25) is 19.6 Å². The molecule has 0 radical (unpaired) electrons. The zero-order chi connectivity index (χ0) is 24.8. The molecule has 2 amide bonds. The molecule has 9 heteroatoms. The van der Waals surface area contributed by atoms with Gasteiger partial charge in [-0.15, -0.1) is 0 Å². The summed E-state index contributed by atoms with van der Waals surface area (Å²) in [5.74, 6) is -0.549. The summed E-state index contributed by atoms with van der Waals surface area (Å²) >= 11 is 0. The summed E-state index contributed by atoms with van der Waals surface area (Å²) in [6.45, 7) is 1.02. The molecule has 180 valence electrons.